The molecule has 0 amide bonds. The highest BCUT2D eigenvalue weighted by Gasteiger charge is 2.25. The van der Waals surface area contributed by atoms with Crippen LogP contribution in [0.25, 0.3) is 0 Å². The van der Waals surface area contributed by atoms with Gasteiger partial charge in [0, 0.05) is 17.8 Å². The van der Waals surface area contributed by atoms with Crippen LogP contribution in [-0.4, -0.2) is 23.8 Å². The molecule has 0 atom stereocenters. The largest absolute Gasteiger partial charge is 0.481 e. The fourth-order valence-corrected chi connectivity index (χ4v) is 2.57. The highest BCUT2D eigenvalue weighted by atomic mass is 35.5. The van der Waals surface area contributed by atoms with Gasteiger partial charge in [0.2, 0.25) is 0 Å². The lowest BCUT2D eigenvalue weighted by Gasteiger charge is -2.24. The average molecular weight is 280 g/mol. The minimum Gasteiger partial charge on any atom is -0.481 e. The van der Waals surface area contributed by atoms with Crippen molar-refractivity contribution in [3.8, 4) is 0 Å². The molecular formula is C15H18ClNO2. The molecule has 19 heavy (non-hydrogen) atoms. The summed E-state index contributed by atoms with van der Waals surface area (Å²) in [5, 5.41) is 9.66. The number of aliphatic carboxylic acids is 1. The summed E-state index contributed by atoms with van der Waals surface area (Å²) in [6.07, 6.45) is 5.37. The molecule has 1 N–H and O–H groups in total. The van der Waals surface area contributed by atoms with Crippen molar-refractivity contribution in [3.05, 3.63) is 34.9 Å². The first-order valence-corrected chi connectivity index (χ1v) is 7.01. The van der Waals surface area contributed by atoms with Crippen molar-refractivity contribution >= 4 is 23.8 Å². The second kappa shape index (κ2) is 6.71. The molecular weight excluding hydrogens is 262 g/mol. The van der Waals surface area contributed by atoms with Crippen LogP contribution in [0, 0.1) is 11.8 Å². The molecule has 0 radical (unpaired) electrons. The standard InChI is InChI=1S/C15H18ClNO2/c16-14-7-3-12(4-8-14)10-17-9-11-1-5-13(6-2-11)15(18)19/h3-4,7-8,10-11,13H,1-2,5-6,9H2,(H,18,19)/b17-10+. The Labute approximate surface area is 118 Å². The average Bonchev–Trinajstić information content (AvgIpc) is 2.41. The van der Waals surface area contributed by atoms with Crippen molar-refractivity contribution in [2.45, 2.75) is 25.7 Å². The summed E-state index contributed by atoms with van der Waals surface area (Å²) in [6.45, 7) is 0.787. The van der Waals surface area contributed by atoms with E-state index in [1.54, 1.807) is 0 Å². The van der Waals surface area contributed by atoms with Crippen LogP contribution in [-0.2, 0) is 4.79 Å². The van der Waals surface area contributed by atoms with Crippen LogP contribution in [0.15, 0.2) is 29.3 Å². The summed E-state index contributed by atoms with van der Waals surface area (Å²) in [4.78, 5) is 15.3. The number of carboxylic acid groups (broad SMARTS) is 1. The van der Waals surface area contributed by atoms with E-state index < -0.39 is 5.97 Å². The Morgan fingerprint density at radius 3 is 2.47 bits per heavy atom. The van der Waals surface area contributed by atoms with E-state index >= 15 is 0 Å². The molecule has 1 fully saturated rings. The van der Waals surface area contributed by atoms with Crippen molar-refractivity contribution in [2.24, 2.45) is 16.8 Å². The predicted molar refractivity (Wildman–Crippen MR) is 77.0 cm³/mol. The summed E-state index contributed by atoms with van der Waals surface area (Å²) in [6, 6.07) is 7.57. The Morgan fingerprint density at radius 1 is 1.26 bits per heavy atom. The van der Waals surface area contributed by atoms with Crippen molar-refractivity contribution in [1.29, 1.82) is 0 Å². The van der Waals surface area contributed by atoms with E-state index in [0.717, 1.165) is 42.8 Å². The molecule has 0 spiro atoms. The van der Waals surface area contributed by atoms with Crippen LogP contribution < -0.4 is 0 Å². The Kier molecular flexibility index (Phi) is 4.97. The smallest absolute Gasteiger partial charge is 0.306 e. The quantitative estimate of drug-likeness (QED) is 0.855. The van der Waals surface area contributed by atoms with Crippen molar-refractivity contribution in [1.82, 2.24) is 0 Å². The van der Waals surface area contributed by atoms with E-state index in [0.29, 0.717) is 5.92 Å². The molecule has 4 heteroatoms. The molecule has 0 aromatic heterocycles. The first-order valence-electron chi connectivity index (χ1n) is 6.63. The Bertz CT molecular complexity index is 448. The summed E-state index contributed by atoms with van der Waals surface area (Å²) < 4.78 is 0. The van der Waals surface area contributed by atoms with Gasteiger partial charge in [0.15, 0.2) is 0 Å². The van der Waals surface area contributed by atoms with Gasteiger partial charge in [-0.25, -0.2) is 0 Å². The molecule has 1 aliphatic carbocycles. The normalized spacial score (nSPS) is 23.6. The number of nitrogens with zero attached hydrogens (tertiary/aromatic N) is 1. The number of carboxylic acids is 1. The van der Waals surface area contributed by atoms with Gasteiger partial charge in [0.1, 0.15) is 0 Å². The van der Waals surface area contributed by atoms with Gasteiger partial charge in [-0.2, -0.15) is 0 Å². The Morgan fingerprint density at radius 2 is 1.89 bits per heavy atom. The number of benzene rings is 1. The van der Waals surface area contributed by atoms with Gasteiger partial charge in [0.05, 0.1) is 5.92 Å². The highest BCUT2D eigenvalue weighted by Crippen LogP contribution is 2.29. The van der Waals surface area contributed by atoms with Gasteiger partial charge >= 0.3 is 5.97 Å². The molecule has 0 aliphatic heterocycles. The van der Waals surface area contributed by atoms with Gasteiger partial charge in [-0.1, -0.05) is 23.7 Å². The third-order valence-corrected chi connectivity index (χ3v) is 3.92. The van der Waals surface area contributed by atoms with Crippen molar-refractivity contribution in [3.63, 3.8) is 0 Å². The summed E-state index contributed by atoms with van der Waals surface area (Å²) in [5.74, 6) is -0.265. The summed E-state index contributed by atoms with van der Waals surface area (Å²) >= 11 is 5.81. The van der Waals surface area contributed by atoms with Gasteiger partial charge in [-0.05, 0) is 49.3 Å². The molecule has 0 unspecified atom stereocenters. The number of halogens is 1. The lowest BCUT2D eigenvalue weighted by molar-refractivity contribution is -0.143. The maximum Gasteiger partial charge on any atom is 0.306 e. The number of hydrogen-bond donors (Lipinski definition) is 1. The van der Waals surface area contributed by atoms with Crippen LogP contribution in [0.5, 0.6) is 0 Å². The molecule has 0 bridgehead atoms. The first-order chi connectivity index (χ1) is 9.15. The first kappa shape index (κ1) is 14.1. The molecule has 102 valence electrons. The molecule has 2 rings (SSSR count). The fraction of sp³-hybridized carbons (Fsp3) is 0.467. The molecule has 0 saturated heterocycles. The second-order valence-electron chi connectivity index (χ2n) is 5.10. The predicted octanol–water partition coefficient (Wildman–Crippen LogP) is 3.65. The van der Waals surface area contributed by atoms with Crippen LogP contribution >= 0.6 is 11.6 Å². The van der Waals surface area contributed by atoms with E-state index in [-0.39, 0.29) is 5.92 Å². The van der Waals surface area contributed by atoms with E-state index in [4.69, 9.17) is 16.7 Å². The third kappa shape index (κ3) is 4.35. The zero-order valence-corrected chi connectivity index (χ0v) is 11.5. The maximum atomic E-state index is 10.8. The molecule has 0 heterocycles. The fourth-order valence-electron chi connectivity index (χ4n) is 2.45. The molecule has 1 aromatic rings. The minimum absolute atomic E-state index is 0.142. The number of hydrogen-bond acceptors (Lipinski definition) is 2. The molecule has 1 aliphatic rings. The third-order valence-electron chi connectivity index (χ3n) is 3.67. The lowest BCUT2D eigenvalue weighted by atomic mass is 9.82. The molecule has 1 saturated carbocycles. The zero-order chi connectivity index (χ0) is 13.7. The zero-order valence-electron chi connectivity index (χ0n) is 10.8. The summed E-state index contributed by atoms with van der Waals surface area (Å²) in [7, 11) is 0. The number of aliphatic imine (C=N–C) groups is 1. The topological polar surface area (TPSA) is 49.7 Å². The van der Waals surface area contributed by atoms with E-state index in [9.17, 15) is 4.79 Å². The Balaban J connectivity index is 1.77. The summed E-state index contributed by atoms with van der Waals surface area (Å²) in [5.41, 5.74) is 1.05. The SMILES string of the molecule is O=C(O)C1CCC(C/N=C/c2ccc(Cl)cc2)CC1. The van der Waals surface area contributed by atoms with Crippen LogP contribution in [0.2, 0.25) is 5.02 Å². The number of carbonyl (C=O) groups is 1. The van der Waals surface area contributed by atoms with E-state index in [2.05, 4.69) is 4.99 Å². The number of rotatable bonds is 4. The van der Waals surface area contributed by atoms with E-state index in [1.807, 2.05) is 30.5 Å². The minimum atomic E-state index is -0.650. The van der Waals surface area contributed by atoms with Crippen LogP contribution in [0.4, 0.5) is 0 Å². The van der Waals surface area contributed by atoms with E-state index in [1.165, 1.54) is 0 Å². The molecule has 3 nitrogen and oxygen atoms in total. The Hall–Kier alpha value is -1.35. The van der Waals surface area contributed by atoms with Gasteiger partial charge < -0.3 is 5.11 Å². The van der Waals surface area contributed by atoms with Gasteiger partial charge in [-0.3, -0.25) is 9.79 Å². The van der Waals surface area contributed by atoms with Gasteiger partial charge in [0.25, 0.3) is 0 Å². The maximum absolute atomic E-state index is 10.8. The molecule has 1 aromatic carbocycles. The lowest BCUT2D eigenvalue weighted by Crippen LogP contribution is -2.22. The highest BCUT2D eigenvalue weighted by molar-refractivity contribution is 6.30. The van der Waals surface area contributed by atoms with Crippen molar-refractivity contribution in [2.75, 3.05) is 6.54 Å². The second-order valence-corrected chi connectivity index (χ2v) is 5.54. The van der Waals surface area contributed by atoms with Gasteiger partial charge in [-0.15, -0.1) is 0 Å². The van der Waals surface area contributed by atoms with Crippen LogP contribution in [0.1, 0.15) is 31.2 Å². The van der Waals surface area contributed by atoms with Crippen LogP contribution in [0.3, 0.4) is 0 Å². The monoisotopic (exact) mass is 279 g/mol. The van der Waals surface area contributed by atoms with Crippen molar-refractivity contribution < 1.29 is 9.90 Å².